The number of amides is 1. The summed E-state index contributed by atoms with van der Waals surface area (Å²) in [6.45, 7) is 2.68. The summed E-state index contributed by atoms with van der Waals surface area (Å²) < 4.78 is 10.2. The monoisotopic (exact) mass is 301 g/mol. The standard InChI is InChI=1S/C16H19N3O3/c1-11(20)19-9-12(13-5-3-4-6-14(13)19)7-8-16-17-15(10-21-2)18-22-16/h3-6,12H,7-10H2,1-2H3. The van der Waals surface area contributed by atoms with Gasteiger partial charge in [-0.25, -0.2) is 0 Å². The number of anilines is 1. The Bertz CT molecular complexity index is 668. The molecule has 1 unspecified atom stereocenters. The molecule has 1 aromatic carbocycles. The third kappa shape index (κ3) is 2.87. The van der Waals surface area contributed by atoms with Crippen LogP contribution in [0, 0.1) is 0 Å². The molecule has 1 atom stereocenters. The van der Waals surface area contributed by atoms with E-state index in [2.05, 4.69) is 16.2 Å². The number of rotatable bonds is 5. The first-order valence-electron chi connectivity index (χ1n) is 7.36. The predicted molar refractivity (Wildman–Crippen MR) is 80.5 cm³/mol. The zero-order valence-corrected chi connectivity index (χ0v) is 12.8. The van der Waals surface area contributed by atoms with Crippen LogP contribution in [0.5, 0.6) is 0 Å². The van der Waals surface area contributed by atoms with E-state index in [1.54, 1.807) is 14.0 Å². The number of hydrogen-bond donors (Lipinski definition) is 0. The van der Waals surface area contributed by atoms with Crippen molar-refractivity contribution in [3.63, 3.8) is 0 Å². The zero-order chi connectivity index (χ0) is 15.5. The van der Waals surface area contributed by atoms with Crippen LogP contribution in [0.3, 0.4) is 0 Å². The average Bonchev–Trinajstić information content (AvgIpc) is 3.10. The molecule has 6 heteroatoms. The van der Waals surface area contributed by atoms with E-state index < -0.39 is 0 Å². The normalized spacial score (nSPS) is 16.8. The van der Waals surface area contributed by atoms with Gasteiger partial charge in [0.15, 0.2) is 5.82 Å². The van der Waals surface area contributed by atoms with Gasteiger partial charge >= 0.3 is 0 Å². The number of methoxy groups -OCH3 is 1. The lowest BCUT2D eigenvalue weighted by atomic mass is 9.96. The lowest BCUT2D eigenvalue weighted by Crippen LogP contribution is -2.27. The van der Waals surface area contributed by atoms with Crippen LogP contribution in [0.1, 0.15) is 36.5 Å². The van der Waals surface area contributed by atoms with Gasteiger partial charge in [-0.05, 0) is 18.1 Å². The van der Waals surface area contributed by atoms with Gasteiger partial charge in [0.05, 0.1) is 0 Å². The second kappa shape index (κ2) is 6.27. The van der Waals surface area contributed by atoms with Gasteiger partial charge in [0.2, 0.25) is 11.8 Å². The minimum Gasteiger partial charge on any atom is -0.377 e. The fourth-order valence-electron chi connectivity index (χ4n) is 2.92. The summed E-state index contributed by atoms with van der Waals surface area (Å²) in [7, 11) is 1.60. The van der Waals surface area contributed by atoms with Crippen molar-refractivity contribution < 1.29 is 14.1 Å². The molecule has 0 spiro atoms. The Morgan fingerprint density at radius 3 is 3.05 bits per heavy atom. The molecule has 1 aliphatic heterocycles. The van der Waals surface area contributed by atoms with Crippen LogP contribution >= 0.6 is 0 Å². The van der Waals surface area contributed by atoms with E-state index in [0.717, 1.165) is 12.1 Å². The second-order valence-corrected chi connectivity index (χ2v) is 5.46. The number of para-hydroxylation sites is 1. The van der Waals surface area contributed by atoms with Gasteiger partial charge in [-0.3, -0.25) is 4.79 Å². The molecule has 22 heavy (non-hydrogen) atoms. The number of carbonyl (C=O) groups is 1. The SMILES string of the molecule is COCc1noc(CCC2CN(C(C)=O)c3ccccc32)n1. The van der Waals surface area contributed by atoms with Crippen molar-refractivity contribution >= 4 is 11.6 Å². The highest BCUT2D eigenvalue weighted by molar-refractivity contribution is 5.94. The highest BCUT2D eigenvalue weighted by Crippen LogP contribution is 2.38. The molecule has 0 N–H and O–H groups in total. The average molecular weight is 301 g/mol. The molecule has 2 heterocycles. The number of aryl methyl sites for hydroxylation is 1. The summed E-state index contributed by atoms with van der Waals surface area (Å²) in [6, 6.07) is 8.07. The molecule has 0 saturated carbocycles. The van der Waals surface area contributed by atoms with Crippen LogP contribution in [0.15, 0.2) is 28.8 Å². The maximum absolute atomic E-state index is 11.8. The third-order valence-corrected chi connectivity index (χ3v) is 3.94. The minimum absolute atomic E-state index is 0.0788. The largest absolute Gasteiger partial charge is 0.377 e. The van der Waals surface area contributed by atoms with Crippen LogP contribution in [-0.2, 0) is 22.6 Å². The summed E-state index contributed by atoms with van der Waals surface area (Å²) >= 11 is 0. The number of benzene rings is 1. The number of hydrogen-bond acceptors (Lipinski definition) is 5. The molecular weight excluding hydrogens is 282 g/mol. The van der Waals surface area contributed by atoms with E-state index in [-0.39, 0.29) is 5.91 Å². The van der Waals surface area contributed by atoms with Gasteiger partial charge in [0, 0.05) is 38.6 Å². The number of aromatic nitrogens is 2. The van der Waals surface area contributed by atoms with Gasteiger partial charge in [0.1, 0.15) is 6.61 Å². The molecule has 2 aromatic rings. The van der Waals surface area contributed by atoms with Gasteiger partial charge in [-0.15, -0.1) is 0 Å². The van der Waals surface area contributed by atoms with Gasteiger partial charge in [-0.2, -0.15) is 4.98 Å². The van der Waals surface area contributed by atoms with Crippen molar-refractivity contribution in [3.8, 4) is 0 Å². The van der Waals surface area contributed by atoms with Crippen LogP contribution in [0.4, 0.5) is 5.69 Å². The topological polar surface area (TPSA) is 68.5 Å². The van der Waals surface area contributed by atoms with Crippen molar-refractivity contribution in [3.05, 3.63) is 41.5 Å². The first-order chi connectivity index (χ1) is 10.7. The minimum atomic E-state index is 0.0788. The molecule has 0 bridgehead atoms. The summed E-state index contributed by atoms with van der Waals surface area (Å²) in [4.78, 5) is 17.9. The molecule has 0 radical (unpaired) electrons. The van der Waals surface area contributed by atoms with Gasteiger partial charge in [-0.1, -0.05) is 23.4 Å². The molecule has 1 aliphatic rings. The van der Waals surface area contributed by atoms with Crippen molar-refractivity contribution in [2.24, 2.45) is 0 Å². The van der Waals surface area contributed by atoms with Gasteiger partial charge in [0.25, 0.3) is 0 Å². The maximum atomic E-state index is 11.8. The number of carbonyl (C=O) groups excluding carboxylic acids is 1. The van der Waals surface area contributed by atoms with Crippen molar-refractivity contribution in [2.75, 3.05) is 18.6 Å². The Morgan fingerprint density at radius 2 is 2.27 bits per heavy atom. The molecule has 1 aromatic heterocycles. The zero-order valence-electron chi connectivity index (χ0n) is 12.8. The molecule has 1 amide bonds. The summed E-state index contributed by atoms with van der Waals surface area (Å²) in [5.74, 6) is 1.56. The van der Waals surface area contributed by atoms with Crippen molar-refractivity contribution in [1.29, 1.82) is 0 Å². The molecule has 6 nitrogen and oxygen atoms in total. The Morgan fingerprint density at radius 1 is 1.45 bits per heavy atom. The Hall–Kier alpha value is -2.21. The number of fused-ring (bicyclic) bond motifs is 1. The third-order valence-electron chi connectivity index (χ3n) is 3.94. The molecule has 0 aliphatic carbocycles. The fourth-order valence-corrected chi connectivity index (χ4v) is 2.92. The fraction of sp³-hybridized carbons (Fsp3) is 0.438. The Balaban J connectivity index is 1.69. The van der Waals surface area contributed by atoms with Crippen LogP contribution in [0.2, 0.25) is 0 Å². The van der Waals surface area contributed by atoms with E-state index in [4.69, 9.17) is 9.26 Å². The first kappa shape index (κ1) is 14.7. The summed E-state index contributed by atoms with van der Waals surface area (Å²) in [6.07, 6.45) is 1.57. The van der Waals surface area contributed by atoms with E-state index in [1.165, 1.54) is 5.56 Å². The second-order valence-electron chi connectivity index (χ2n) is 5.46. The molecule has 3 rings (SSSR count). The van der Waals surface area contributed by atoms with Crippen LogP contribution in [0.25, 0.3) is 0 Å². The van der Waals surface area contributed by atoms with Crippen LogP contribution in [-0.4, -0.2) is 29.7 Å². The first-order valence-corrected chi connectivity index (χ1v) is 7.36. The van der Waals surface area contributed by atoms with Crippen molar-refractivity contribution in [1.82, 2.24) is 10.1 Å². The Labute approximate surface area is 129 Å². The maximum Gasteiger partial charge on any atom is 0.226 e. The lowest BCUT2D eigenvalue weighted by molar-refractivity contribution is -0.116. The van der Waals surface area contributed by atoms with E-state index >= 15 is 0 Å². The highest BCUT2D eigenvalue weighted by Gasteiger charge is 2.30. The Kier molecular flexibility index (Phi) is 4.20. The molecular formula is C16H19N3O3. The highest BCUT2D eigenvalue weighted by atomic mass is 16.5. The van der Waals surface area contributed by atoms with E-state index in [1.807, 2.05) is 23.1 Å². The summed E-state index contributed by atoms with van der Waals surface area (Å²) in [5, 5.41) is 3.86. The van der Waals surface area contributed by atoms with E-state index in [0.29, 0.717) is 37.2 Å². The summed E-state index contributed by atoms with van der Waals surface area (Å²) in [5.41, 5.74) is 2.24. The lowest BCUT2D eigenvalue weighted by Gasteiger charge is -2.14. The number of ether oxygens (including phenoxy) is 1. The predicted octanol–water partition coefficient (Wildman–Crippen LogP) is 2.30. The molecule has 116 valence electrons. The quantitative estimate of drug-likeness (QED) is 0.847. The van der Waals surface area contributed by atoms with Crippen LogP contribution < -0.4 is 4.90 Å². The van der Waals surface area contributed by atoms with Gasteiger partial charge < -0.3 is 14.2 Å². The smallest absolute Gasteiger partial charge is 0.226 e. The van der Waals surface area contributed by atoms with E-state index in [9.17, 15) is 4.79 Å². The number of nitrogens with zero attached hydrogens (tertiary/aromatic N) is 3. The van der Waals surface area contributed by atoms with Crippen molar-refractivity contribution in [2.45, 2.75) is 32.3 Å². The molecule has 0 saturated heterocycles. The molecule has 0 fully saturated rings.